The predicted molar refractivity (Wildman–Crippen MR) is 53.7 cm³/mol. The molecular weight excluding hydrogens is 255 g/mol. The summed E-state index contributed by atoms with van der Waals surface area (Å²) < 4.78 is 37.4. The van der Waals surface area contributed by atoms with E-state index in [1.165, 1.54) is 0 Å². The minimum Gasteiger partial charge on any atom is -0.481 e. The second-order valence-electron chi connectivity index (χ2n) is 4.34. The maximum absolute atomic E-state index is 12.5. The van der Waals surface area contributed by atoms with Gasteiger partial charge in [0, 0.05) is 25.8 Å². The number of β-amino-alcohol motifs (C(OH)–C–C–N with tert-alkyl or cyclic N) is 1. The summed E-state index contributed by atoms with van der Waals surface area (Å²) in [6.45, 7) is -0.940. The molecule has 2 N–H and O–H groups in total. The van der Waals surface area contributed by atoms with Gasteiger partial charge in [-0.3, -0.25) is 9.59 Å². The lowest BCUT2D eigenvalue weighted by atomic mass is 10.0. The Morgan fingerprint density at radius 3 is 2.33 bits per heavy atom. The normalized spacial score (nSPS) is 24.3. The zero-order chi connectivity index (χ0) is 14.0. The van der Waals surface area contributed by atoms with Crippen molar-refractivity contribution in [2.75, 3.05) is 13.1 Å². The molecule has 1 saturated heterocycles. The second-order valence-corrected chi connectivity index (χ2v) is 4.34. The molecule has 0 saturated carbocycles. The Kier molecular flexibility index (Phi) is 4.20. The fourth-order valence-electron chi connectivity index (χ4n) is 1.79. The predicted octanol–water partition coefficient (Wildman–Crippen LogP) is 0.767. The molecule has 1 fully saturated rings. The van der Waals surface area contributed by atoms with Crippen LogP contribution in [-0.4, -0.2) is 51.9 Å². The summed E-state index contributed by atoms with van der Waals surface area (Å²) in [4.78, 5) is 22.6. The van der Waals surface area contributed by atoms with E-state index in [0.29, 0.717) is 0 Å². The van der Waals surface area contributed by atoms with Gasteiger partial charge in [-0.2, -0.15) is 13.2 Å². The van der Waals surface area contributed by atoms with Crippen molar-refractivity contribution in [2.45, 2.75) is 37.5 Å². The van der Waals surface area contributed by atoms with E-state index < -0.39 is 36.6 Å². The van der Waals surface area contributed by atoms with E-state index >= 15 is 0 Å². The van der Waals surface area contributed by atoms with Crippen molar-refractivity contribution in [3.63, 3.8) is 0 Å². The van der Waals surface area contributed by atoms with Crippen molar-refractivity contribution in [2.24, 2.45) is 0 Å². The summed E-state index contributed by atoms with van der Waals surface area (Å²) in [5.74, 6) is -1.62. The summed E-state index contributed by atoms with van der Waals surface area (Å²) in [5.41, 5.74) is -2.84. The molecule has 18 heavy (non-hydrogen) atoms. The van der Waals surface area contributed by atoms with Crippen molar-refractivity contribution >= 4 is 11.9 Å². The number of carbonyl (C=O) groups is 2. The van der Waals surface area contributed by atoms with Crippen LogP contribution in [0.4, 0.5) is 13.2 Å². The molecule has 0 spiro atoms. The lowest BCUT2D eigenvalue weighted by Gasteiger charge is -2.25. The number of halogens is 3. The zero-order valence-electron chi connectivity index (χ0n) is 9.53. The Morgan fingerprint density at radius 1 is 1.28 bits per heavy atom. The summed E-state index contributed by atoms with van der Waals surface area (Å²) in [6, 6.07) is 0. The number of amides is 1. The first-order valence-corrected chi connectivity index (χ1v) is 5.44. The third-order valence-electron chi connectivity index (χ3n) is 2.91. The van der Waals surface area contributed by atoms with E-state index in [1.54, 1.807) is 0 Å². The first-order chi connectivity index (χ1) is 8.16. The highest BCUT2D eigenvalue weighted by molar-refractivity contribution is 5.77. The van der Waals surface area contributed by atoms with Gasteiger partial charge in [0.2, 0.25) is 5.91 Å². The molecular formula is C10H14F3NO4. The fourth-order valence-corrected chi connectivity index (χ4v) is 1.79. The lowest BCUT2D eigenvalue weighted by Crippen LogP contribution is -2.48. The number of rotatable bonds is 4. The average molecular weight is 269 g/mol. The molecule has 5 nitrogen and oxygen atoms in total. The first kappa shape index (κ1) is 14.7. The van der Waals surface area contributed by atoms with Crippen LogP contribution in [0.2, 0.25) is 0 Å². The monoisotopic (exact) mass is 269 g/mol. The molecule has 0 aromatic rings. The van der Waals surface area contributed by atoms with Gasteiger partial charge in [-0.05, 0) is 6.42 Å². The van der Waals surface area contributed by atoms with Crippen molar-refractivity contribution in [1.82, 2.24) is 4.90 Å². The SMILES string of the molecule is O=C(O)CCCC(=O)N1CCC(O)(C(F)(F)F)C1. The molecule has 1 aliphatic rings. The van der Waals surface area contributed by atoms with Gasteiger partial charge < -0.3 is 15.1 Å². The van der Waals surface area contributed by atoms with Crippen molar-refractivity contribution in [3.8, 4) is 0 Å². The number of carboxylic acids is 1. The third-order valence-corrected chi connectivity index (χ3v) is 2.91. The lowest BCUT2D eigenvalue weighted by molar-refractivity contribution is -0.253. The van der Waals surface area contributed by atoms with E-state index in [-0.39, 0.29) is 25.8 Å². The minimum absolute atomic E-state index is 0.0785. The van der Waals surface area contributed by atoms with E-state index in [4.69, 9.17) is 5.11 Å². The summed E-state index contributed by atoms with van der Waals surface area (Å²) in [6.07, 6.45) is -5.55. The van der Waals surface area contributed by atoms with Crippen LogP contribution in [0.15, 0.2) is 0 Å². The largest absolute Gasteiger partial charge is 0.481 e. The quantitative estimate of drug-likeness (QED) is 0.790. The van der Waals surface area contributed by atoms with Crippen molar-refractivity contribution in [3.05, 3.63) is 0 Å². The van der Waals surface area contributed by atoms with Gasteiger partial charge >= 0.3 is 12.1 Å². The molecule has 1 aliphatic heterocycles. The molecule has 0 aromatic carbocycles. The van der Waals surface area contributed by atoms with Gasteiger partial charge in [-0.15, -0.1) is 0 Å². The number of likely N-dealkylation sites (tertiary alicyclic amines) is 1. The number of nitrogens with zero attached hydrogens (tertiary/aromatic N) is 1. The molecule has 1 amide bonds. The van der Waals surface area contributed by atoms with Crippen LogP contribution in [0.25, 0.3) is 0 Å². The van der Waals surface area contributed by atoms with Crippen LogP contribution in [0.3, 0.4) is 0 Å². The highest BCUT2D eigenvalue weighted by Gasteiger charge is 2.57. The van der Waals surface area contributed by atoms with Crippen LogP contribution in [-0.2, 0) is 9.59 Å². The molecule has 1 atom stereocenters. The number of hydrogen-bond acceptors (Lipinski definition) is 3. The Balaban J connectivity index is 2.47. The van der Waals surface area contributed by atoms with E-state index in [2.05, 4.69) is 0 Å². The summed E-state index contributed by atoms with van der Waals surface area (Å²) in [7, 11) is 0. The van der Waals surface area contributed by atoms with Crippen molar-refractivity contribution in [1.29, 1.82) is 0 Å². The molecule has 1 heterocycles. The molecule has 0 bridgehead atoms. The van der Waals surface area contributed by atoms with Gasteiger partial charge in [0.15, 0.2) is 5.60 Å². The number of aliphatic hydroxyl groups is 1. The highest BCUT2D eigenvalue weighted by atomic mass is 19.4. The molecule has 0 aliphatic carbocycles. The smallest absolute Gasteiger partial charge is 0.419 e. The molecule has 8 heteroatoms. The standard InChI is InChI=1S/C10H14F3NO4/c11-10(12,13)9(18)4-5-14(6-9)7(15)2-1-3-8(16)17/h18H,1-6H2,(H,16,17). The Bertz CT molecular complexity index is 345. The topological polar surface area (TPSA) is 77.8 Å². The van der Waals surface area contributed by atoms with Gasteiger partial charge in [-0.25, -0.2) is 0 Å². The van der Waals surface area contributed by atoms with E-state index in [1.807, 2.05) is 0 Å². The first-order valence-electron chi connectivity index (χ1n) is 5.44. The molecule has 0 radical (unpaired) electrons. The number of aliphatic carboxylic acids is 1. The van der Waals surface area contributed by atoms with Gasteiger partial charge in [-0.1, -0.05) is 0 Å². The maximum atomic E-state index is 12.5. The number of carboxylic acid groups (broad SMARTS) is 1. The molecule has 1 unspecified atom stereocenters. The minimum atomic E-state index is -4.76. The number of carbonyl (C=O) groups excluding carboxylic acids is 1. The number of hydrogen-bond donors (Lipinski definition) is 2. The maximum Gasteiger partial charge on any atom is 0.419 e. The zero-order valence-corrected chi connectivity index (χ0v) is 9.53. The molecule has 104 valence electrons. The fraction of sp³-hybridized carbons (Fsp3) is 0.800. The van der Waals surface area contributed by atoms with E-state index in [9.17, 15) is 27.9 Å². The second kappa shape index (κ2) is 5.13. The average Bonchev–Trinajstić information content (AvgIpc) is 2.60. The summed E-state index contributed by atoms with van der Waals surface area (Å²) in [5, 5.41) is 17.7. The third kappa shape index (κ3) is 3.34. The molecule has 0 aromatic heterocycles. The van der Waals surface area contributed by atoms with Crippen LogP contribution >= 0.6 is 0 Å². The highest BCUT2D eigenvalue weighted by Crippen LogP contribution is 2.37. The van der Waals surface area contributed by atoms with E-state index in [0.717, 1.165) is 4.90 Å². The summed E-state index contributed by atoms with van der Waals surface area (Å²) >= 11 is 0. The Labute approximate surface area is 101 Å². The van der Waals surface area contributed by atoms with Crippen molar-refractivity contribution < 1.29 is 33.0 Å². The van der Waals surface area contributed by atoms with Gasteiger partial charge in [0.25, 0.3) is 0 Å². The van der Waals surface area contributed by atoms with Crippen LogP contribution < -0.4 is 0 Å². The van der Waals surface area contributed by atoms with Crippen LogP contribution in [0, 0.1) is 0 Å². The van der Waals surface area contributed by atoms with Gasteiger partial charge in [0.05, 0.1) is 6.54 Å². The van der Waals surface area contributed by atoms with Gasteiger partial charge in [0.1, 0.15) is 0 Å². The number of alkyl halides is 3. The van der Waals surface area contributed by atoms with Crippen LogP contribution in [0.5, 0.6) is 0 Å². The Morgan fingerprint density at radius 2 is 1.89 bits per heavy atom. The Hall–Kier alpha value is -1.31. The molecule has 1 rings (SSSR count). The van der Waals surface area contributed by atoms with Crippen LogP contribution in [0.1, 0.15) is 25.7 Å².